The lowest BCUT2D eigenvalue weighted by Gasteiger charge is -2.20. The van der Waals surface area contributed by atoms with Gasteiger partial charge in [-0.2, -0.15) is 0 Å². The molecule has 2 heteroatoms. The van der Waals surface area contributed by atoms with Crippen LogP contribution in [0.1, 0.15) is 25.7 Å². The van der Waals surface area contributed by atoms with Crippen LogP contribution in [0.25, 0.3) is 0 Å². The second kappa shape index (κ2) is 2.04. The molecule has 2 saturated carbocycles. The zero-order valence-corrected chi connectivity index (χ0v) is 5.85. The van der Waals surface area contributed by atoms with Crippen molar-refractivity contribution in [2.24, 2.45) is 11.8 Å². The van der Waals surface area contributed by atoms with Gasteiger partial charge < -0.3 is 0 Å². The van der Waals surface area contributed by atoms with Crippen molar-refractivity contribution in [2.75, 3.05) is 0 Å². The molecule has 0 aromatic rings. The summed E-state index contributed by atoms with van der Waals surface area (Å²) in [5, 5.41) is 0. The third-order valence-corrected chi connectivity index (χ3v) is 2.79. The monoisotopic (exact) mass is 142 g/mol. The van der Waals surface area contributed by atoms with Gasteiger partial charge in [0.25, 0.3) is 0 Å². The Hall–Kier alpha value is -0.400. The number of rotatable bonds is 0. The number of carbonyl (C=O) groups is 1. The molecule has 2 aliphatic rings. The highest BCUT2D eigenvalue weighted by molar-refractivity contribution is 5.84. The summed E-state index contributed by atoms with van der Waals surface area (Å²) < 4.78 is 12.9. The smallest absolute Gasteiger partial charge is 0.167 e. The second-order valence-corrected chi connectivity index (χ2v) is 3.51. The van der Waals surface area contributed by atoms with E-state index in [4.69, 9.17) is 0 Å². The zero-order chi connectivity index (χ0) is 7.14. The molecule has 3 unspecified atom stereocenters. The van der Waals surface area contributed by atoms with Crippen LogP contribution in [0.5, 0.6) is 0 Å². The molecule has 0 spiro atoms. The number of alkyl halides is 1. The molecule has 0 aromatic carbocycles. The predicted octanol–water partition coefficient (Wildman–Crippen LogP) is 1.71. The van der Waals surface area contributed by atoms with Gasteiger partial charge in [-0.25, -0.2) is 4.39 Å². The lowest BCUT2D eigenvalue weighted by Crippen LogP contribution is -2.28. The van der Waals surface area contributed by atoms with Crippen molar-refractivity contribution in [1.29, 1.82) is 0 Å². The maximum atomic E-state index is 12.9. The molecule has 0 radical (unpaired) electrons. The summed E-state index contributed by atoms with van der Waals surface area (Å²) in [5.74, 6) is 0.481. The summed E-state index contributed by atoms with van der Waals surface area (Å²) in [6.07, 6.45) is 2.39. The molecule has 56 valence electrons. The second-order valence-electron chi connectivity index (χ2n) is 3.51. The number of carbonyl (C=O) groups excluding carboxylic acids is 1. The number of ketones is 1. The molecule has 0 aromatic heterocycles. The third-order valence-electron chi connectivity index (χ3n) is 2.79. The Morgan fingerprint density at radius 1 is 1.40 bits per heavy atom. The fourth-order valence-corrected chi connectivity index (χ4v) is 2.22. The first-order valence-electron chi connectivity index (χ1n) is 3.94. The van der Waals surface area contributed by atoms with Crippen molar-refractivity contribution in [3.8, 4) is 0 Å². The number of fused-ring (bicyclic) bond motifs is 2. The average molecular weight is 142 g/mol. The van der Waals surface area contributed by atoms with Gasteiger partial charge in [0.05, 0.1) is 0 Å². The Kier molecular flexibility index (Phi) is 1.29. The van der Waals surface area contributed by atoms with Crippen molar-refractivity contribution < 1.29 is 9.18 Å². The zero-order valence-electron chi connectivity index (χ0n) is 5.85. The summed E-state index contributed by atoms with van der Waals surface area (Å²) in [7, 11) is 0. The van der Waals surface area contributed by atoms with Crippen molar-refractivity contribution >= 4 is 5.78 Å². The molecular formula is C8H11FO. The molecular weight excluding hydrogens is 131 g/mol. The van der Waals surface area contributed by atoms with Crippen LogP contribution in [0.2, 0.25) is 0 Å². The van der Waals surface area contributed by atoms with Gasteiger partial charge in [0.1, 0.15) is 0 Å². The van der Waals surface area contributed by atoms with Crippen LogP contribution < -0.4 is 0 Å². The van der Waals surface area contributed by atoms with E-state index in [0.717, 1.165) is 19.3 Å². The summed E-state index contributed by atoms with van der Waals surface area (Å²) in [4.78, 5) is 10.9. The average Bonchev–Trinajstić information content (AvgIpc) is 2.29. The summed E-state index contributed by atoms with van der Waals surface area (Å²) in [6.45, 7) is 0. The molecule has 0 N–H and O–H groups in total. The van der Waals surface area contributed by atoms with E-state index in [1.807, 2.05) is 0 Å². The lowest BCUT2D eigenvalue weighted by atomic mass is 9.87. The van der Waals surface area contributed by atoms with E-state index in [1.165, 1.54) is 0 Å². The number of hydrogen-bond donors (Lipinski definition) is 0. The van der Waals surface area contributed by atoms with E-state index in [9.17, 15) is 9.18 Å². The number of halogens is 1. The van der Waals surface area contributed by atoms with Crippen LogP contribution in [0.4, 0.5) is 4.39 Å². The molecule has 2 aliphatic carbocycles. The van der Waals surface area contributed by atoms with E-state index in [2.05, 4.69) is 0 Å². The van der Waals surface area contributed by atoms with Gasteiger partial charge in [0.2, 0.25) is 0 Å². The molecule has 0 amide bonds. The van der Waals surface area contributed by atoms with Crippen LogP contribution >= 0.6 is 0 Å². The van der Waals surface area contributed by atoms with Gasteiger partial charge in [0, 0.05) is 6.42 Å². The molecule has 0 heterocycles. The van der Waals surface area contributed by atoms with E-state index in [0.29, 0.717) is 12.3 Å². The van der Waals surface area contributed by atoms with Gasteiger partial charge in [-0.15, -0.1) is 0 Å². The summed E-state index contributed by atoms with van der Waals surface area (Å²) >= 11 is 0. The van der Waals surface area contributed by atoms with Crippen LogP contribution in [0, 0.1) is 11.8 Å². The van der Waals surface area contributed by atoms with Crippen LogP contribution in [-0.4, -0.2) is 12.0 Å². The fourth-order valence-electron chi connectivity index (χ4n) is 2.22. The Morgan fingerprint density at radius 3 is 3.00 bits per heavy atom. The lowest BCUT2D eigenvalue weighted by molar-refractivity contribution is -0.128. The minimum atomic E-state index is -1.11. The quantitative estimate of drug-likeness (QED) is 0.503. The highest BCUT2D eigenvalue weighted by atomic mass is 19.1. The first-order valence-corrected chi connectivity index (χ1v) is 3.94. The minimum Gasteiger partial charge on any atom is -0.296 e. The Bertz CT molecular complexity index is 167. The van der Waals surface area contributed by atoms with Crippen LogP contribution in [-0.2, 0) is 4.79 Å². The SMILES string of the molecule is O=C1CC2CCC(C2)C1F. The normalized spacial score (nSPS) is 46.1. The van der Waals surface area contributed by atoms with Crippen molar-refractivity contribution in [3.63, 3.8) is 0 Å². The summed E-state index contributed by atoms with van der Waals surface area (Å²) in [6, 6.07) is 0. The molecule has 2 fully saturated rings. The van der Waals surface area contributed by atoms with Crippen molar-refractivity contribution in [1.82, 2.24) is 0 Å². The van der Waals surface area contributed by atoms with Crippen molar-refractivity contribution in [3.05, 3.63) is 0 Å². The molecule has 0 saturated heterocycles. The Morgan fingerprint density at radius 2 is 2.20 bits per heavy atom. The highest BCUT2D eigenvalue weighted by Gasteiger charge is 2.40. The van der Waals surface area contributed by atoms with Gasteiger partial charge in [-0.3, -0.25) is 4.79 Å². The topological polar surface area (TPSA) is 17.1 Å². The Labute approximate surface area is 59.6 Å². The molecule has 1 nitrogen and oxygen atoms in total. The first-order chi connectivity index (χ1) is 4.77. The number of Topliss-reactive ketones (excluding diaryl/α,β-unsaturated/α-hetero) is 1. The van der Waals surface area contributed by atoms with Gasteiger partial charge in [0.15, 0.2) is 12.0 Å². The van der Waals surface area contributed by atoms with Gasteiger partial charge in [-0.05, 0) is 31.1 Å². The van der Waals surface area contributed by atoms with Crippen LogP contribution in [0.15, 0.2) is 0 Å². The standard InChI is InChI=1S/C8H11FO/c9-8-6-2-1-5(3-6)4-7(8)10/h5-6,8H,1-4H2. The Balaban J connectivity index is 2.17. The van der Waals surface area contributed by atoms with Crippen molar-refractivity contribution in [2.45, 2.75) is 31.9 Å². The molecule has 2 bridgehead atoms. The van der Waals surface area contributed by atoms with E-state index >= 15 is 0 Å². The van der Waals surface area contributed by atoms with Gasteiger partial charge in [-0.1, -0.05) is 0 Å². The third kappa shape index (κ3) is 0.780. The van der Waals surface area contributed by atoms with E-state index in [1.54, 1.807) is 0 Å². The molecule has 3 atom stereocenters. The fraction of sp³-hybridized carbons (Fsp3) is 0.875. The molecule has 2 rings (SSSR count). The summed E-state index contributed by atoms with van der Waals surface area (Å²) in [5.41, 5.74) is 0. The largest absolute Gasteiger partial charge is 0.296 e. The maximum Gasteiger partial charge on any atom is 0.167 e. The van der Waals surface area contributed by atoms with Gasteiger partial charge >= 0.3 is 0 Å². The molecule has 0 aliphatic heterocycles. The van der Waals surface area contributed by atoms with E-state index < -0.39 is 6.17 Å². The maximum absolute atomic E-state index is 12.9. The first kappa shape index (κ1) is 6.32. The molecule has 10 heavy (non-hydrogen) atoms. The van der Waals surface area contributed by atoms with E-state index in [-0.39, 0.29) is 11.7 Å². The van der Waals surface area contributed by atoms with Crippen LogP contribution in [0.3, 0.4) is 0 Å². The number of hydrogen-bond acceptors (Lipinski definition) is 1. The minimum absolute atomic E-state index is 0.0891. The predicted molar refractivity (Wildman–Crippen MR) is 35.4 cm³/mol. The highest BCUT2D eigenvalue weighted by Crippen LogP contribution is 2.41.